The number of thiophene rings is 1. The molecule has 20 heavy (non-hydrogen) atoms. The van der Waals surface area contributed by atoms with Gasteiger partial charge < -0.3 is 10.1 Å². The van der Waals surface area contributed by atoms with Crippen molar-refractivity contribution >= 4 is 38.9 Å². The predicted molar refractivity (Wildman–Crippen MR) is 89.1 cm³/mol. The molecule has 2 nitrogen and oxygen atoms in total. The predicted octanol–water partition coefficient (Wildman–Crippen LogP) is 4.37. The molecular formula is C16H19NOS2. The highest BCUT2D eigenvalue weighted by Crippen LogP contribution is 2.39. The summed E-state index contributed by atoms with van der Waals surface area (Å²) in [5.74, 6) is 2.43. The van der Waals surface area contributed by atoms with Crippen LogP contribution in [-0.4, -0.2) is 29.8 Å². The molecule has 2 unspecified atom stereocenters. The van der Waals surface area contributed by atoms with Gasteiger partial charge in [0.05, 0.1) is 5.60 Å². The second-order valence-corrected chi connectivity index (χ2v) is 7.89. The highest BCUT2D eigenvalue weighted by atomic mass is 32.2. The summed E-state index contributed by atoms with van der Waals surface area (Å²) >= 11 is 3.85. The SMILES string of the molecule is c1cc2cc(NC3CCOC4(CCSC4)C3)ccc2s1. The van der Waals surface area contributed by atoms with Gasteiger partial charge in [0.25, 0.3) is 0 Å². The van der Waals surface area contributed by atoms with Crippen LogP contribution in [0.1, 0.15) is 19.3 Å². The van der Waals surface area contributed by atoms with E-state index in [1.165, 1.54) is 33.7 Å². The van der Waals surface area contributed by atoms with Gasteiger partial charge in [-0.15, -0.1) is 11.3 Å². The number of benzene rings is 1. The zero-order valence-electron chi connectivity index (χ0n) is 11.4. The van der Waals surface area contributed by atoms with Crippen molar-refractivity contribution in [1.82, 2.24) is 0 Å². The molecule has 2 saturated heterocycles. The summed E-state index contributed by atoms with van der Waals surface area (Å²) in [6, 6.07) is 9.47. The lowest BCUT2D eigenvalue weighted by Crippen LogP contribution is -2.44. The maximum Gasteiger partial charge on any atom is 0.0799 e. The molecule has 0 amide bonds. The first-order valence-electron chi connectivity index (χ1n) is 7.29. The average molecular weight is 305 g/mol. The highest BCUT2D eigenvalue weighted by molar-refractivity contribution is 7.99. The van der Waals surface area contributed by atoms with Gasteiger partial charge in [-0.05, 0) is 60.0 Å². The molecule has 2 fully saturated rings. The molecule has 2 aromatic rings. The summed E-state index contributed by atoms with van der Waals surface area (Å²) in [5, 5.41) is 7.24. The first-order valence-corrected chi connectivity index (χ1v) is 9.32. The van der Waals surface area contributed by atoms with Crippen LogP contribution in [-0.2, 0) is 4.74 Å². The molecule has 1 aromatic heterocycles. The van der Waals surface area contributed by atoms with Crippen LogP contribution in [0, 0.1) is 0 Å². The molecule has 0 radical (unpaired) electrons. The van der Waals surface area contributed by atoms with E-state index in [4.69, 9.17) is 4.74 Å². The minimum absolute atomic E-state index is 0.160. The maximum absolute atomic E-state index is 6.09. The van der Waals surface area contributed by atoms with Crippen molar-refractivity contribution in [2.75, 3.05) is 23.4 Å². The fourth-order valence-corrected chi connectivity index (χ4v) is 5.46. The molecule has 1 spiro atoms. The van der Waals surface area contributed by atoms with Crippen molar-refractivity contribution in [3.05, 3.63) is 29.6 Å². The van der Waals surface area contributed by atoms with Gasteiger partial charge >= 0.3 is 0 Å². The molecule has 2 atom stereocenters. The van der Waals surface area contributed by atoms with Gasteiger partial charge in [0.1, 0.15) is 0 Å². The average Bonchev–Trinajstić information content (AvgIpc) is 3.08. The Morgan fingerprint density at radius 2 is 2.30 bits per heavy atom. The van der Waals surface area contributed by atoms with Gasteiger partial charge in [-0.1, -0.05) is 0 Å². The van der Waals surface area contributed by atoms with E-state index in [2.05, 4.69) is 35.0 Å². The molecular weight excluding hydrogens is 286 g/mol. The van der Waals surface area contributed by atoms with Crippen molar-refractivity contribution in [3.63, 3.8) is 0 Å². The molecule has 4 rings (SSSR count). The van der Waals surface area contributed by atoms with Gasteiger partial charge in [-0.25, -0.2) is 0 Å². The highest BCUT2D eigenvalue weighted by Gasteiger charge is 2.40. The van der Waals surface area contributed by atoms with Crippen molar-refractivity contribution in [1.29, 1.82) is 0 Å². The van der Waals surface area contributed by atoms with Crippen molar-refractivity contribution < 1.29 is 4.74 Å². The summed E-state index contributed by atoms with van der Waals surface area (Å²) in [7, 11) is 0. The fourth-order valence-electron chi connectivity index (χ4n) is 3.31. The minimum atomic E-state index is 0.160. The number of ether oxygens (including phenoxy) is 1. The van der Waals surface area contributed by atoms with Crippen LogP contribution in [0.15, 0.2) is 29.6 Å². The standard InChI is InChI=1S/C16H19NOS2/c1-2-15-12(4-7-20-15)9-13(1)17-14-3-6-18-16(10-14)5-8-19-11-16/h1-2,4,7,9,14,17H,3,5-6,8,10-11H2. The van der Waals surface area contributed by atoms with E-state index in [-0.39, 0.29) is 5.60 Å². The van der Waals surface area contributed by atoms with Crippen molar-refractivity contribution in [2.24, 2.45) is 0 Å². The normalized spacial score (nSPS) is 30.1. The van der Waals surface area contributed by atoms with E-state index in [0.717, 1.165) is 19.4 Å². The number of nitrogens with one attached hydrogen (secondary N) is 1. The Balaban J connectivity index is 1.50. The second kappa shape index (κ2) is 5.24. The number of fused-ring (bicyclic) bond motifs is 1. The van der Waals surface area contributed by atoms with Crippen LogP contribution < -0.4 is 5.32 Å². The van der Waals surface area contributed by atoms with Gasteiger partial charge in [0.2, 0.25) is 0 Å². The molecule has 0 aliphatic carbocycles. The third kappa shape index (κ3) is 2.45. The molecule has 1 N–H and O–H groups in total. The first kappa shape index (κ1) is 13.0. The Kier molecular flexibility index (Phi) is 3.41. The van der Waals surface area contributed by atoms with Crippen molar-refractivity contribution in [3.8, 4) is 0 Å². The zero-order valence-corrected chi connectivity index (χ0v) is 13.1. The van der Waals surface area contributed by atoms with Crippen LogP contribution in [0.4, 0.5) is 5.69 Å². The summed E-state index contributed by atoms with van der Waals surface area (Å²) in [6.07, 6.45) is 3.50. The largest absolute Gasteiger partial charge is 0.382 e. The van der Waals surface area contributed by atoms with Gasteiger partial charge in [-0.3, -0.25) is 0 Å². The van der Waals surface area contributed by atoms with E-state index >= 15 is 0 Å². The molecule has 4 heteroatoms. The zero-order chi connectivity index (χ0) is 13.4. The lowest BCUT2D eigenvalue weighted by atomic mass is 9.90. The molecule has 1 aromatic carbocycles. The first-order chi connectivity index (χ1) is 9.83. The van der Waals surface area contributed by atoms with E-state index < -0.39 is 0 Å². The lowest BCUT2D eigenvalue weighted by molar-refractivity contribution is -0.0628. The summed E-state index contributed by atoms with van der Waals surface area (Å²) in [6.45, 7) is 0.902. The summed E-state index contributed by atoms with van der Waals surface area (Å²) in [4.78, 5) is 0. The molecule has 2 aliphatic rings. The number of rotatable bonds is 2. The van der Waals surface area contributed by atoms with Crippen LogP contribution in [0.3, 0.4) is 0 Å². The fraction of sp³-hybridized carbons (Fsp3) is 0.500. The third-order valence-corrected chi connectivity index (χ3v) is 6.50. The Hall–Kier alpha value is -0.710. The third-order valence-electron chi connectivity index (χ3n) is 4.38. The van der Waals surface area contributed by atoms with E-state index in [1.54, 1.807) is 11.3 Å². The maximum atomic E-state index is 6.09. The van der Waals surface area contributed by atoms with Gasteiger partial charge in [0, 0.05) is 28.8 Å². The number of hydrogen-bond donors (Lipinski definition) is 1. The van der Waals surface area contributed by atoms with Crippen LogP contribution in [0.5, 0.6) is 0 Å². The van der Waals surface area contributed by atoms with Gasteiger partial charge in [0.15, 0.2) is 0 Å². The van der Waals surface area contributed by atoms with Crippen LogP contribution >= 0.6 is 23.1 Å². The Bertz CT molecular complexity index is 603. The smallest absolute Gasteiger partial charge is 0.0799 e. The molecule has 106 valence electrons. The number of thioether (sulfide) groups is 1. The Morgan fingerprint density at radius 1 is 1.30 bits per heavy atom. The molecule has 0 saturated carbocycles. The summed E-state index contributed by atoms with van der Waals surface area (Å²) in [5.41, 5.74) is 1.41. The van der Waals surface area contributed by atoms with E-state index in [0.29, 0.717) is 6.04 Å². The van der Waals surface area contributed by atoms with Crippen LogP contribution in [0.25, 0.3) is 10.1 Å². The van der Waals surface area contributed by atoms with E-state index in [9.17, 15) is 0 Å². The Morgan fingerprint density at radius 3 is 3.20 bits per heavy atom. The van der Waals surface area contributed by atoms with Gasteiger partial charge in [-0.2, -0.15) is 11.8 Å². The van der Waals surface area contributed by atoms with Crippen LogP contribution in [0.2, 0.25) is 0 Å². The van der Waals surface area contributed by atoms with E-state index in [1.807, 2.05) is 11.8 Å². The topological polar surface area (TPSA) is 21.3 Å². The molecule has 3 heterocycles. The molecule has 2 aliphatic heterocycles. The lowest BCUT2D eigenvalue weighted by Gasteiger charge is -2.38. The number of anilines is 1. The Labute approximate surface area is 127 Å². The summed E-state index contributed by atoms with van der Waals surface area (Å²) < 4.78 is 7.46. The second-order valence-electron chi connectivity index (χ2n) is 5.84. The van der Waals surface area contributed by atoms with Crippen molar-refractivity contribution in [2.45, 2.75) is 30.9 Å². The monoisotopic (exact) mass is 305 g/mol. The number of hydrogen-bond acceptors (Lipinski definition) is 4. The molecule has 0 bridgehead atoms. The quantitative estimate of drug-likeness (QED) is 0.890. The minimum Gasteiger partial charge on any atom is -0.382 e.